The van der Waals surface area contributed by atoms with Crippen molar-refractivity contribution in [2.75, 3.05) is 7.11 Å². The van der Waals surface area contributed by atoms with Crippen molar-refractivity contribution in [2.45, 2.75) is 6.42 Å². The molecule has 0 bridgehead atoms. The Labute approximate surface area is 134 Å². The maximum absolute atomic E-state index is 12.0. The van der Waals surface area contributed by atoms with Crippen molar-refractivity contribution in [1.29, 1.82) is 0 Å². The largest absolute Gasteiger partial charge is 0.493 e. The third-order valence-corrected chi connectivity index (χ3v) is 3.31. The SMILES string of the molecule is COc1ccc([N+](=O)[O-])cc1OC(=O)Cc1cccc(Br)c1. The third kappa shape index (κ3) is 4.05. The van der Waals surface area contributed by atoms with Crippen molar-refractivity contribution < 1.29 is 19.2 Å². The summed E-state index contributed by atoms with van der Waals surface area (Å²) in [5.41, 5.74) is 0.592. The molecule has 0 aliphatic heterocycles. The molecule has 0 aromatic heterocycles. The van der Waals surface area contributed by atoms with Crippen LogP contribution < -0.4 is 9.47 Å². The van der Waals surface area contributed by atoms with E-state index in [1.54, 1.807) is 18.2 Å². The molecule has 0 radical (unpaired) electrons. The Morgan fingerprint density at radius 3 is 2.64 bits per heavy atom. The Kier molecular flexibility index (Phi) is 5.11. The second-order valence-electron chi connectivity index (χ2n) is 4.37. The highest BCUT2D eigenvalue weighted by molar-refractivity contribution is 9.10. The molecule has 114 valence electrons. The van der Waals surface area contributed by atoms with E-state index in [0.717, 1.165) is 16.1 Å². The molecule has 2 aromatic rings. The molecule has 2 rings (SSSR count). The van der Waals surface area contributed by atoms with Gasteiger partial charge in [0.2, 0.25) is 0 Å². The lowest BCUT2D eigenvalue weighted by molar-refractivity contribution is -0.384. The van der Waals surface area contributed by atoms with Crippen molar-refractivity contribution in [3.63, 3.8) is 0 Å². The average molecular weight is 366 g/mol. The van der Waals surface area contributed by atoms with E-state index in [0.29, 0.717) is 0 Å². The lowest BCUT2D eigenvalue weighted by Crippen LogP contribution is -2.12. The molecule has 0 fully saturated rings. The van der Waals surface area contributed by atoms with Crippen molar-refractivity contribution >= 4 is 27.6 Å². The zero-order valence-corrected chi connectivity index (χ0v) is 13.2. The van der Waals surface area contributed by atoms with Crippen LogP contribution in [-0.4, -0.2) is 18.0 Å². The number of nitrogens with zero attached hydrogens (tertiary/aromatic N) is 1. The van der Waals surface area contributed by atoms with E-state index in [1.165, 1.54) is 19.2 Å². The second kappa shape index (κ2) is 7.04. The smallest absolute Gasteiger partial charge is 0.315 e. The molecule has 0 unspecified atom stereocenters. The zero-order valence-electron chi connectivity index (χ0n) is 11.6. The summed E-state index contributed by atoms with van der Waals surface area (Å²) in [4.78, 5) is 22.2. The molecule has 0 saturated carbocycles. The minimum absolute atomic E-state index is 0.0247. The van der Waals surface area contributed by atoms with Crippen molar-refractivity contribution in [3.05, 3.63) is 62.6 Å². The number of hydrogen-bond acceptors (Lipinski definition) is 5. The van der Waals surface area contributed by atoms with Gasteiger partial charge in [-0.05, 0) is 23.8 Å². The lowest BCUT2D eigenvalue weighted by atomic mass is 10.1. The van der Waals surface area contributed by atoms with E-state index in [9.17, 15) is 14.9 Å². The fourth-order valence-corrected chi connectivity index (χ4v) is 2.28. The summed E-state index contributed by atoms with van der Waals surface area (Å²) < 4.78 is 11.1. The van der Waals surface area contributed by atoms with Crippen LogP contribution in [0.5, 0.6) is 11.5 Å². The molecule has 0 saturated heterocycles. The highest BCUT2D eigenvalue weighted by atomic mass is 79.9. The normalized spacial score (nSPS) is 10.1. The first-order chi connectivity index (χ1) is 10.5. The first-order valence-electron chi connectivity index (χ1n) is 6.27. The summed E-state index contributed by atoms with van der Waals surface area (Å²) in [6, 6.07) is 11.1. The summed E-state index contributed by atoms with van der Waals surface area (Å²) in [5, 5.41) is 10.8. The number of carbonyl (C=O) groups excluding carboxylic acids is 1. The van der Waals surface area contributed by atoms with Crippen molar-refractivity contribution in [2.24, 2.45) is 0 Å². The molecule has 7 heteroatoms. The fourth-order valence-electron chi connectivity index (χ4n) is 1.83. The number of esters is 1. The molecular weight excluding hydrogens is 354 g/mol. The molecule has 0 N–H and O–H groups in total. The van der Waals surface area contributed by atoms with Crippen LogP contribution >= 0.6 is 15.9 Å². The van der Waals surface area contributed by atoms with Gasteiger partial charge in [-0.1, -0.05) is 28.1 Å². The standard InChI is InChI=1S/C15H12BrNO5/c1-21-13-6-5-12(17(19)20)9-14(13)22-15(18)8-10-3-2-4-11(16)7-10/h2-7,9H,8H2,1H3. The number of nitro groups is 1. The Bertz CT molecular complexity index is 717. The molecule has 0 aliphatic rings. The summed E-state index contributed by atoms with van der Waals surface area (Å²) in [6.07, 6.45) is 0.0469. The number of methoxy groups -OCH3 is 1. The third-order valence-electron chi connectivity index (χ3n) is 2.82. The van der Waals surface area contributed by atoms with Gasteiger partial charge in [-0.2, -0.15) is 0 Å². The average Bonchev–Trinajstić information content (AvgIpc) is 2.47. The predicted molar refractivity (Wildman–Crippen MR) is 83.1 cm³/mol. The molecule has 0 aliphatic carbocycles. The van der Waals surface area contributed by atoms with Gasteiger partial charge in [-0.3, -0.25) is 14.9 Å². The molecule has 6 nitrogen and oxygen atoms in total. The van der Waals surface area contributed by atoms with Crippen molar-refractivity contribution in [1.82, 2.24) is 0 Å². The van der Waals surface area contributed by atoms with Gasteiger partial charge in [-0.15, -0.1) is 0 Å². The summed E-state index contributed by atoms with van der Waals surface area (Å²) >= 11 is 3.32. The Hall–Kier alpha value is -2.41. The monoisotopic (exact) mass is 365 g/mol. The van der Waals surface area contributed by atoms with Gasteiger partial charge in [0.1, 0.15) is 0 Å². The minimum Gasteiger partial charge on any atom is -0.493 e. The van der Waals surface area contributed by atoms with E-state index in [-0.39, 0.29) is 23.6 Å². The molecule has 2 aromatic carbocycles. The Balaban J connectivity index is 2.16. The highest BCUT2D eigenvalue weighted by Gasteiger charge is 2.16. The van der Waals surface area contributed by atoms with Crippen LogP contribution in [0.25, 0.3) is 0 Å². The van der Waals surface area contributed by atoms with E-state index < -0.39 is 10.9 Å². The minimum atomic E-state index is -0.564. The van der Waals surface area contributed by atoms with Crippen LogP contribution in [0, 0.1) is 10.1 Å². The van der Waals surface area contributed by atoms with Crippen LogP contribution in [0.1, 0.15) is 5.56 Å². The number of non-ortho nitro benzene ring substituents is 1. The Morgan fingerprint density at radius 1 is 1.23 bits per heavy atom. The van der Waals surface area contributed by atoms with Crippen LogP contribution in [-0.2, 0) is 11.2 Å². The Morgan fingerprint density at radius 2 is 2.00 bits per heavy atom. The number of halogens is 1. The second-order valence-corrected chi connectivity index (χ2v) is 5.29. The van der Waals surface area contributed by atoms with Gasteiger partial charge in [0.15, 0.2) is 11.5 Å². The van der Waals surface area contributed by atoms with Gasteiger partial charge < -0.3 is 9.47 Å². The molecular formula is C15H12BrNO5. The zero-order chi connectivity index (χ0) is 16.1. The van der Waals surface area contributed by atoms with Crippen LogP contribution in [0.4, 0.5) is 5.69 Å². The molecule has 0 atom stereocenters. The van der Waals surface area contributed by atoms with E-state index in [1.807, 2.05) is 6.07 Å². The summed E-state index contributed by atoms with van der Waals surface area (Å²) in [5.74, 6) is -0.248. The first-order valence-corrected chi connectivity index (χ1v) is 7.06. The topological polar surface area (TPSA) is 78.7 Å². The number of rotatable bonds is 5. The highest BCUT2D eigenvalue weighted by Crippen LogP contribution is 2.31. The first kappa shape index (κ1) is 16.0. The number of nitro benzene ring substituents is 1. The predicted octanol–water partition coefficient (Wildman–Crippen LogP) is 3.51. The van der Waals surface area contributed by atoms with Crippen LogP contribution in [0.3, 0.4) is 0 Å². The van der Waals surface area contributed by atoms with Gasteiger partial charge in [0.05, 0.1) is 24.5 Å². The number of ether oxygens (including phenoxy) is 2. The molecule has 0 amide bonds. The van der Waals surface area contributed by atoms with Crippen LogP contribution in [0.15, 0.2) is 46.9 Å². The molecule has 0 spiro atoms. The summed E-state index contributed by atoms with van der Waals surface area (Å²) in [6.45, 7) is 0. The number of hydrogen-bond donors (Lipinski definition) is 0. The number of benzene rings is 2. The van der Waals surface area contributed by atoms with Gasteiger partial charge in [0.25, 0.3) is 5.69 Å². The molecule has 0 heterocycles. The fraction of sp³-hybridized carbons (Fsp3) is 0.133. The van der Waals surface area contributed by atoms with E-state index in [2.05, 4.69) is 15.9 Å². The van der Waals surface area contributed by atoms with E-state index in [4.69, 9.17) is 9.47 Å². The van der Waals surface area contributed by atoms with E-state index >= 15 is 0 Å². The maximum Gasteiger partial charge on any atom is 0.315 e. The van der Waals surface area contributed by atoms with Gasteiger partial charge >= 0.3 is 5.97 Å². The van der Waals surface area contributed by atoms with Gasteiger partial charge in [0, 0.05) is 10.5 Å². The van der Waals surface area contributed by atoms with Gasteiger partial charge in [-0.25, -0.2) is 0 Å². The summed E-state index contributed by atoms with van der Waals surface area (Å²) in [7, 11) is 1.40. The van der Waals surface area contributed by atoms with Crippen molar-refractivity contribution in [3.8, 4) is 11.5 Å². The van der Waals surface area contributed by atoms with Crippen LogP contribution in [0.2, 0.25) is 0 Å². The number of carbonyl (C=O) groups is 1. The lowest BCUT2D eigenvalue weighted by Gasteiger charge is -2.09. The maximum atomic E-state index is 12.0. The molecule has 22 heavy (non-hydrogen) atoms. The quantitative estimate of drug-likeness (QED) is 0.350.